The zero-order valence-electron chi connectivity index (χ0n) is 13.1. The van der Waals surface area contributed by atoms with E-state index in [4.69, 9.17) is 16.6 Å². The number of nitrogens with zero attached hydrogens (tertiary/aromatic N) is 2. The van der Waals surface area contributed by atoms with Gasteiger partial charge in [-0.25, -0.2) is 4.98 Å². The molecule has 1 N–H and O–H groups in total. The molecule has 0 bridgehead atoms. The van der Waals surface area contributed by atoms with Crippen LogP contribution < -0.4 is 10.2 Å². The Labute approximate surface area is 133 Å². The van der Waals surface area contributed by atoms with Crippen LogP contribution in [0.3, 0.4) is 0 Å². The molecule has 0 radical (unpaired) electrons. The minimum absolute atomic E-state index is 0.688. The van der Waals surface area contributed by atoms with Crippen LogP contribution in [0.4, 0.5) is 5.82 Å². The number of halogens is 1. The molecule has 0 amide bonds. The number of nitrogens with one attached hydrogen (secondary N) is 1. The summed E-state index contributed by atoms with van der Waals surface area (Å²) in [5, 5.41) is 4.28. The summed E-state index contributed by atoms with van der Waals surface area (Å²) in [6, 6.07) is 4.76. The van der Waals surface area contributed by atoms with Gasteiger partial charge in [0.05, 0.1) is 10.7 Å². The second-order valence-corrected chi connectivity index (χ2v) is 7.23. The fourth-order valence-corrected chi connectivity index (χ4v) is 3.27. The number of piperidine rings is 1. The quantitative estimate of drug-likeness (QED) is 0.895. The van der Waals surface area contributed by atoms with Gasteiger partial charge in [-0.15, -0.1) is 0 Å². The molecule has 2 aliphatic rings. The van der Waals surface area contributed by atoms with E-state index in [9.17, 15) is 0 Å². The van der Waals surface area contributed by atoms with Crippen molar-refractivity contribution in [1.82, 2.24) is 10.3 Å². The van der Waals surface area contributed by atoms with Gasteiger partial charge in [0.1, 0.15) is 5.82 Å². The molecule has 4 heteroatoms. The molecule has 0 atom stereocenters. The van der Waals surface area contributed by atoms with Crippen LogP contribution in [0.15, 0.2) is 12.1 Å². The summed E-state index contributed by atoms with van der Waals surface area (Å²) in [6.07, 6.45) is 5.13. The van der Waals surface area contributed by atoms with Crippen LogP contribution in [-0.4, -0.2) is 24.1 Å². The van der Waals surface area contributed by atoms with Gasteiger partial charge in [0.2, 0.25) is 0 Å². The van der Waals surface area contributed by atoms with E-state index in [0.717, 1.165) is 48.0 Å². The van der Waals surface area contributed by atoms with Crippen LogP contribution >= 0.6 is 11.6 Å². The zero-order valence-corrected chi connectivity index (χ0v) is 13.9. The Balaban J connectivity index is 1.63. The topological polar surface area (TPSA) is 28.2 Å². The fraction of sp³-hybridized carbons (Fsp3) is 0.706. The first kappa shape index (κ1) is 15.1. The molecule has 116 valence electrons. The van der Waals surface area contributed by atoms with E-state index in [1.807, 2.05) is 6.07 Å². The van der Waals surface area contributed by atoms with Gasteiger partial charge in [0, 0.05) is 25.7 Å². The Morgan fingerprint density at radius 2 is 1.95 bits per heavy atom. The van der Waals surface area contributed by atoms with E-state index in [0.29, 0.717) is 6.04 Å². The second-order valence-electron chi connectivity index (χ2n) is 6.82. The molecule has 0 unspecified atom stereocenters. The van der Waals surface area contributed by atoms with Crippen molar-refractivity contribution in [2.24, 2.45) is 11.8 Å². The highest BCUT2D eigenvalue weighted by Crippen LogP contribution is 2.28. The van der Waals surface area contributed by atoms with Crippen molar-refractivity contribution in [1.29, 1.82) is 0 Å². The molecule has 1 aromatic heterocycles. The summed E-state index contributed by atoms with van der Waals surface area (Å²) in [5.41, 5.74) is 0.993. The summed E-state index contributed by atoms with van der Waals surface area (Å²) >= 11 is 6.28. The van der Waals surface area contributed by atoms with Gasteiger partial charge in [0.25, 0.3) is 0 Å². The summed E-state index contributed by atoms with van der Waals surface area (Å²) < 4.78 is 0. The third kappa shape index (κ3) is 3.89. The van der Waals surface area contributed by atoms with Gasteiger partial charge in [-0.2, -0.15) is 0 Å². The van der Waals surface area contributed by atoms with Crippen molar-refractivity contribution in [2.75, 3.05) is 18.0 Å². The molecule has 2 fully saturated rings. The Morgan fingerprint density at radius 3 is 2.57 bits per heavy atom. The second kappa shape index (κ2) is 6.53. The first-order valence-electron chi connectivity index (χ1n) is 8.27. The Hall–Kier alpha value is -0.800. The van der Waals surface area contributed by atoms with Crippen molar-refractivity contribution in [3.63, 3.8) is 0 Å². The molecule has 21 heavy (non-hydrogen) atoms. The number of anilines is 1. The third-order valence-electron chi connectivity index (χ3n) is 4.85. The predicted octanol–water partition coefficient (Wildman–Crippen LogP) is 3.86. The van der Waals surface area contributed by atoms with E-state index < -0.39 is 0 Å². The maximum absolute atomic E-state index is 6.28. The minimum Gasteiger partial charge on any atom is -0.357 e. The minimum atomic E-state index is 0.688. The number of rotatable bonds is 5. The Bertz CT molecular complexity index is 477. The SMILES string of the molecule is CC(C)C1CCN(c2ccc(Cl)c(CNC3CC3)n2)CC1. The molecule has 1 saturated heterocycles. The summed E-state index contributed by atoms with van der Waals surface area (Å²) in [7, 11) is 0. The maximum atomic E-state index is 6.28. The van der Waals surface area contributed by atoms with Crippen LogP contribution in [0.1, 0.15) is 45.2 Å². The molecule has 1 aliphatic heterocycles. The van der Waals surface area contributed by atoms with Crippen molar-refractivity contribution in [3.8, 4) is 0 Å². The molecule has 3 rings (SSSR count). The van der Waals surface area contributed by atoms with Crippen molar-refractivity contribution in [2.45, 2.75) is 52.1 Å². The standard InChI is InChI=1S/C17H26ClN3/c1-12(2)13-7-9-21(10-8-13)17-6-5-15(18)16(20-17)11-19-14-3-4-14/h5-6,12-14,19H,3-4,7-11H2,1-2H3. The summed E-state index contributed by atoms with van der Waals surface area (Å²) in [4.78, 5) is 7.21. The highest BCUT2D eigenvalue weighted by Gasteiger charge is 2.23. The van der Waals surface area contributed by atoms with Crippen molar-refractivity contribution < 1.29 is 0 Å². The van der Waals surface area contributed by atoms with Gasteiger partial charge < -0.3 is 10.2 Å². The molecule has 1 aliphatic carbocycles. The molecule has 1 aromatic rings. The lowest BCUT2D eigenvalue weighted by atomic mass is 9.87. The third-order valence-corrected chi connectivity index (χ3v) is 5.19. The molecule has 1 saturated carbocycles. The number of hydrogen-bond donors (Lipinski definition) is 1. The lowest BCUT2D eigenvalue weighted by Gasteiger charge is -2.34. The molecule has 0 aromatic carbocycles. The smallest absolute Gasteiger partial charge is 0.128 e. The number of pyridine rings is 1. The van der Waals surface area contributed by atoms with Gasteiger partial charge in [0.15, 0.2) is 0 Å². The highest BCUT2D eigenvalue weighted by atomic mass is 35.5. The summed E-state index contributed by atoms with van der Waals surface area (Å²) in [5.74, 6) is 2.75. The molecule has 2 heterocycles. The Morgan fingerprint density at radius 1 is 1.24 bits per heavy atom. The Kier molecular flexibility index (Phi) is 4.70. The average molecular weight is 308 g/mol. The van der Waals surface area contributed by atoms with E-state index in [2.05, 4.69) is 30.1 Å². The van der Waals surface area contributed by atoms with E-state index >= 15 is 0 Å². The lowest BCUT2D eigenvalue weighted by Crippen LogP contribution is -2.36. The fourth-order valence-electron chi connectivity index (χ4n) is 3.10. The van der Waals surface area contributed by atoms with Gasteiger partial charge in [-0.05, 0) is 49.7 Å². The first-order valence-corrected chi connectivity index (χ1v) is 8.65. The van der Waals surface area contributed by atoms with Crippen LogP contribution in [0.2, 0.25) is 5.02 Å². The summed E-state index contributed by atoms with van der Waals surface area (Å²) in [6.45, 7) is 7.70. The van der Waals surface area contributed by atoms with E-state index in [1.165, 1.54) is 25.7 Å². The predicted molar refractivity (Wildman–Crippen MR) is 88.9 cm³/mol. The monoisotopic (exact) mass is 307 g/mol. The molecule has 3 nitrogen and oxygen atoms in total. The van der Waals surface area contributed by atoms with Crippen LogP contribution in [0, 0.1) is 11.8 Å². The highest BCUT2D eigenvalue weighted by molar-refractivity contribution is 6.31. The van der Waals surface area contributed by atoms with Gasteiger partial charge in [-0.1, -0.05) is 25.4 Å². The van der Waals surface area contributed by atoms with Crippen LogP contribution in [-0.2, 0) is 6.54 Å². The molecule has 0 spiro atoms. The van der Waals surface area contributed by atoms with Crippen molar-refractivity contribution >= 4 is 17.4 Å². The first-order chi connectivity index (χ1) is 10.1. The maximum Gasteiger partial charge on any atom is 0.128 e. The van der Waals surface area contributed by atoms with Crippen LogP contribution in [0.5, 0.6) is 0 Å². The zero-order chi connectivity index (χ0) is 14.8. The number of aromatic nitrogens is 1. The normalized spacial score (nSPS) is 20.3. The van der Waals surface area contributed by atoms with Crippen LogP contribution in [0.25, 0.3) is 0 Å². The average Bonchev–Trinajstić information content (AvgIpc) is 3.31. The van der Waals surface area contributed by atoms with E-state index in [1.54, 1.807) is 0 Å². The number of hydrogen-bond acceptors (Lipinski definition) is 3. The van der Waals surface area contributed by atoms with Gasteiger partial charge >= 0.3 is 0 Å². The van der Waals surface area contributed by atoms with Crippen molar-refractivity contribution in [3.05, 3.63) is 22.8 Å². The van der Waals surface area contributed by atoms with E-state index in [-0.39, 0.29) is 0 Å². The van der Waals surface area contributed by atoms with Gasteiger partial charge in [-0.3, -0.25) is 0 Å². The molecular formula is C17H26ClN3. The molecular weight excluding hydrogens is 282 g/mol. The largest absolute Gasteiger partial charge is 0.357 e. The lowest BCUT2D eigenvalue weighted by molar-refractivity contribution is 0.310.